The molecule has 132 valence electrons. The Labute approximate surface area is 152 Å². The van der Waals surface area contributed by atoms with E-state index in [4.69, 9.17) is 11.6 Å². The molecule has 0 saturated heterocycles. The number of benzene rings is 2. The first-order valence-corrected chi connectivity index (χ1v) is 8.60. The van der Waals surface area contributed by atoms with E-state index in [2.05, 4.69) is 16.0 Å². The first-order chi connectivity index (χ1) is 12.1. The minimum atomic E-state index is -0.152. The zero-order valence-corrected chi connectivity index (χ0v) is 14.9. The van der Waals surface area contributed by atoms with Gasteiger partial charge in [0.05, 0.1) is 6.54 Å². The molecule has 5 nitrogen and oxygen atoms in total. The lowest BCUT2D eigenvalue weighted by Crippen LogP contribution is -2.29. The zero-order chi connectivity index (χ0) is 18.1. The van der Waals surface area contributed by atoms with Crippen LogP contribution in [-0.2, 0) is 11.3 Å². The van der Waals surface area contributed by atoms with E-state index in [-0.39, 0.29) is 18.4 Å². The summed E-state index contributed by atoms with van der Waals surface area (Å²) in [6.07, 6.45) is 0.884. The fourth-order valence-electron chi connectivity index (χ4n) is 2.19. The normalized spacial score (nSPS) is 10.2. The standard InChI is InChI=1S/C19H22ClN3O2/c1-2-10-21-19(25)14-7-5-8-16(11-14)22-13-18(24)23-12-15-6-3-4-9-17(15)20/h3-9,11,22H,2,10,12-13H2,1H3,(H,21,25)(H,23,24). The van der Waals surface area contributed by atoms with Gasteiger partial charge in [-0.25, -0.2) is 0 Å². The van der Waals surface area contributed by atoms with Crippen molar-refractivity contribution in [3.8, 4) is 0 Å². The molecule has 0 unspecified atom stereocenters. The fraction of sp³-hybridized carbons (Fsp3) is 0.263. The van der Waals surface area contributed by atoms with Gasteiger partial charge in [-0.15, -0.1) is 0 Å². The van der Waals surface area contributed by atoms with Crippen LogP contribution in [0.3, 0.4) is 0 Å². The molecule has 2 amide bonds. The van der Waals surface area contributed by atoms with Crippen molar-refractivity contribution in [3.05, 3.63) is 64.7 Å². The molecule has 0 saturated carbocycles. The molecule has 0 aliphatic carbocycles. The van der Waals surface area contributed by atoms with E-state index in [0.717, 1.165) is 17.7 Å². The van der Waals surface area contributed by atoms with Crippen molar-refractivity contribution in [2.24, 2.45) is 0 Å². The lowest BCUT2D eigenvalue weighted by Gasteiger charge is -2.10. The van der Waals surface area contributed by atoms with Gasteiger partial charge in [0, 0.05) is 29.4 Å². The summed E-state index contributed by atoms with van der Waals surface area (Å²) in [5, 5.41) is 9.28. The van der Waals surface area contributed by atoms with Crippen LogP contribution in [0.1, 0.15) is 29.3 Å². The van der Waals surface area contributed by atoms with Gasteiger partial charge in [0.1, 0.15) is 0 Å². The maximum Gasteiger partial charge on any atom is 0.251 e. The average Bonchev–Trinajstić information content (AvgIpc) is 2.64. The SMILES string of the molecule is CCCNC(=O)c1cccc(NCC(=O)NCc2ccccc2Cl)c1. The molecule has 0 aliphatic heterocycles. The molecule has 0 aromatic heterocycles. The van der Waals surface area contributed by atoms with Crippen molar-refractivity contribution in [3.63, 3.8) is 0 Å². The molecule has 0 bridgehead atoms. The van der Waals surface area contributed by atoms with Gasteiger partial charge in [-0.1, -0.05) is 42.8 Å². The van der Waals surface area contributed by atoms with Crippen LogP contribution >= 0.6 is 11.6 Å². The molecule has 2 rings (SSSR count). The third kappa shape index (κ3) is 6.12. The minimum Gasteiger partial charge on any atom is -0.376 e. The highest BCUT2D eigenvalue weighted by Gasteiger charge is 2.07. The molecule has 3 N–H and O–H groups in total. The molecule has 0 spiro atoms. The molecule has 0 radical (unpaired) electrons. The Morgan fingerprint density at radius 3 is 2.60 bits per heavy atom. The van der Waals surface area contributed by atoms with Gasteiger partial charge >= 0.3 is 0 Å². The highest BCUT2D eigenvalue weighted by atomic mass is 35.5. The van der Waals surface area contributed by atoms with Gasteiger partial charge in [0.25, 0.3) is 5.91 Å². The van der Waals surface area contributed by atoms with E-state index in [1.54, 1.807) is 24.3 Å². The van der Waals surface area contributed by atoms with E-state index in [9.17, 15) is 9.59 Å². The monoisotopic (exact) mass is 359 g/mol. The van der Waals surface area contributed by atoms with E-state index < -0.39 is 0 Å². The second-order valence-electron chi connectivity index (χ2n) is 5.56. The van der Waals surface area contributed by atoms with E-state index in [0.29, 0.717) is 23.7 Å². The van der Waals surface area contributed by atoms with Gasteiger partial charge in [-0.3, -0.25) is 9.59 Å². The Bertz CT molecular complexity index is 734. The summed E-state index contributed by atoms with van der Waals surface area (Å²) in [4.78, 5) is 23.9. The summed E-state index contributed by atoms with van der Waals surface area (Å²) in [5.74, 6) is -0.269. The highest BCUT2D eigenvalue weighted by Crippen LogP contribution is 2.14. The molecule has 0 heterocycles. The molecule has 2 aromatic rings. The third-order valence-corrected chi connectivity index (χ3v) is 3.92. The van der Waals surface area contributed by atoms with Gasteiger partial charge in [-0.2, -0.15) is 0 Å². The second kappa shape index (κ2) is 9.69. The highest BCUT2D eigenvalue weighted by molar-refractivity contribution is 6.31. The van der Waals surface area contributed by atoms with Crippen LogP contribution < -0.4 is 16.0 Å². The summed E-state index contributed by atoms with van der Waals surface area (Å²) < 4.78 is 0. The second-order valence-corrected chi connectivity index (χ2v) is 5.97. The molecule has 25 heavy (non-hydrogen) atoms. The Kier molecular flexibility index (Phi) is 7.29. The largest absolute Gasteiger partial charge is 0.376 e. The maximum atomic E-state index is 12.0. The Morgan fingerprint density at radius 2 is 1.84 bits per heavy atom. The molecule has 6 heteroatoms. The molecule has 0 atom stereocenters. The fourth-order valence-corrected chi connectivity index (χ4v) is 2.39. The van der Waals surface area contributed by atoms with Crippen LogP contribution in [0.4, 0.5) is 5.69 Å². The summed E-state index contributed by atoms with van der Waals surface area (Å²) in [6, 6.07) is 14.5. The van der Waals surface area contributed by atoms with Crippen molar-refractivity contribution in [2.75, 3.05) is 18.4 Å². The number of halogens is 1. The lowest BCUT2D eigenvalue weighted by atomic mass is 10.2. The Hall–Kier alpha value is -2.53. The number of carbonyl (C=O) groups excluding carboxylic acids is 2. The quantitative estimate of drug-likeness (QED) is 0.677. The van der Waals surface area contributed by atoms with E-state index in [1.165, 1.54) is 0 Å². The first-order valence-electron chi connectivity index (χ1n) is 8.22. The lowest BCUT2D eigenvalue weighted by molar-refractivity contribution is -0.119. The van der Waals surface area contributed by atoms with Crippen LogP contribution in [-0.4, -0.2) is 24.9 Å². The minimum absolute atomic E-state index is 0.116. The van der Waals surface area contributed by atoms with Gasteiger partial charge in [0.15, 0.2) is 0 Å². The summed E-state index contributed by atoms with van der Waals surface area (Å²) in [5.41, 5.74) is 2.15. The van der Waals surface area contributed by atoms with Crippen molar-refractivity contribution in [2.45, 2.75) is 19.9 Å². The average molecular weight is 360 g/mol. The zero-order valence-electron chi connectivity index (χ0n) is 14.1. The molecule has 0 fully saturated rings. The topological polar surface area (TPSA) is 70.2 Å². The predicted molar refractivity (Wildman–Crippen MR) is 101 cm³/mol. The van der Waals surface area contributed by atoms with Crippen LogP contribution in [0.2, 0.25) is 5.02 Å². The number of rotatable bonds is 8. The Balaban J connectivity index is 1.83. The smallest absolute Gasteiger partial charge is 0.251 e. The Morgan fingerprint density at radius 1 is 1.04 bits per heavy atom. The number of carbonyl (C=O) groups is 2. The number of hydrogen-bond donors (Lipinski definition) is 3. The summed E-state index contributed by atoms with van der Waals surface area (Å²) >= 11 is 6.06. The summed E-state index contributed by atoms with van der Waals surface area (Å²) in [7, 11) is 0. The number of hydrogen-bond acceptors (Lipinski definition) is 3. The van der Waals surface area contributed by atoms with Crippen LogP contribution in [0.25, 0.3) is 0 Å². The predicted octanol–water partition coefficient (Wildman–Crippen LogP) is 3.21. The molecular weight excluding hydrogens is 338 g/mol. The van der Waals surface area contributed by atoms with Crippen molar-refractivity contribution in [1.82, 2.24) is 10.6 Å². The van der Waals surface area contributed by atoms with Gasteiger partial charge < -0.3 is 16.0 Å². The van der Waals surface area contributed by atoms with Crippen LogP contribution in [0.5, 0.6) is 0 Å². The van der Waals surface area contributed by atoms with Crippen molar-refractivity contribution in [1.29, 1.82) is 0 Å². The maximum absolute atomic E-state index is 12.0. The molecule has 0 aliphatic rings. The molecular formula is C19H22ClN3O2. The number of anilines is 1. The first kappa shape index (κ1) is 18.8. The van der Waals surface area contributed by atoms with Gasteiger partial charge in [0.2, 0.25) is 5.91 Å². The molecule has 2 aromatic carbocycles. The number of amides is 2. The van der Waals surface area contributed by atoms with E-state index >= 15 is 0 Å². The van der Waals surface area contributed by atoms with E-state index in [1.807, 2.05) is 31.2 Å². The van der Waals surface area contributed by atoms with Crippen molar-refractivity contribution < 1.29 is 9.59 Å². The van der Waals surface area contributed by atoms with Crippen LogP contribution in [0, 0.1) is 0 Å². The third-order valence-electron chi connectivity index (χ3n) is 3.55. The van der Waals surface area contributed by atoms with Gasteiger partial charge in [-0.05, 0) is 36.2 Å². The van der Waals surface area contributed by atoms with Crippen LogP contribution in [0.15, 0.2) is 48.5 Å². The number of nitrogens with one attached hydrogen (secondary N) is 3. The summed E-state index contributed by atoms with van der Waals surface area (Å²) in [6.45, 7) is 3.13. The van der Waals surface area contributed by atoms with Crippen molar-refractivity contribution >= 4 is 29.1 Å².